The molecule has 0 spiro atoms. The first kappa shape index (κ1) is 18.6. The van der Waals surface area contributed by atoms with Gasteiger partial charge in [0.2, 0.25) is 5.82 Å². The summed E-state index contributed by atoms with van der Waals surface area (Å²) >= 11 is 0. The van der Waals surface area contributed by atoms with E-state index in [4.69, 9.17) is 0 Å². The molecule has 2 N–H and O–H groups in total. The van der Waals surface area contributed by atoms with Crippen molar-refractivity contribution in [3.05, 3.63) is 66.0 Å². The van der Waals surface area contributed by atoms with Crippen molar-refractivity contribution < 1.29 is 9.59 Å². The van der Waals surface area contributed by atoms with E-state index in [2.05, 4.69) is 34.4 Å². The number of pyridine rings is 2. The van der Waals surface area contributed by atoms with Gasteiger partial charge in [0.05, 0.1) is 17.8 Å². The van der Waals surface area contributed by atoms with E-state index >= 15 is 0 Å². The molecule has 0 atom stereocenters. The van der Waals surface area contributed by atoms with Crippen LogP contribution in [-0.4, -0.2) is 32.7 Å². The number of fused-ring (bicyclic) bond motifs is 1. The van der Waals surface area contributed by atoms with E-state index in [1.54, 1.807) is 28.9 Å². The van der Waals surface area contributed by atoms with Gasteiger partial charge < -0.3 is 10.6 Å². The Morgan fingerprint density at radius 3 is 2.63 bits per heavy atom. The quantitative estimate of drug-likeness (QED) is 0.673. The first-order valence-corrected chi connectivity index (χ1v) is 8.99. The van der Waals surface area contributed by atoms with Gasteiger partial charge >= 0.3 is 0 Å². The molecular weight excluding hydrogens is 342 g/mol. The number of imidazole rings is 1. The van der Waals surface area contributed by atoms with Gasteiger partial charge in [-0.15, -0.1) is 0 Å². The minimum absolute atomic E-state index is 0.176. The molecule has 0 aliphatic carbocycles. The maximum Gasteiger partial charge on any atom is 0.288 e. The number of hydrogen-bond acceptors (Lipinski definition) is 4. The van der Waals surface area contributed by atoms with Gasteiger partial charge in [0, 0.05) is 18.9 Å². The smallest absolute Gasteiger partial charge is 0.288 e. The van der Waals surface area contributed by atoms with Crippen molar-refractivity contribution in [3.8, 4) is 0 Å². The van der Waals surface area contributed by atoms with Crippen molar-refractivity contribution in [2.45, 2.75) is 26.8 Å². The molecule has 0 aliphatic rings. The number of hydrogen-bond donors (Lipinski definition) is 2. The monoisotopic (exact) mass is 365 g/mol. The number of aromatic nitrogens is 3. The predicted octanol–water partition coefficient (Wildman–Crippen LogP) is 2.44. The Labute approximate surface area is 157 Å². The molecule has 27 heavy (non-hydrogen) atoms. The Hall–Kier alpha value is -3.22. The number of nitrogens with one attached hydrogen (secondary N) is 2. The predicted molar refractivity (Wildman–Crippen MR) is 102 cm³/mol. The lowest BCUT2D eigenvalue weighted by atomic mass is 10.1. The molecule has 3 rings (SSSR count). The van der Waals surface area contributed by atoms with Crippen LogP contribution in [0.15, 0.2) is 48.8 Å². The molecule has 7 heteroatoms. The minimum Gasteiger partial charge on any atom is -0.351 e. The van der Waals surface area contributed by atoms with Crippen LogP contribution in [0.3, 0.4) is 0 Å². The maximum atomic E-state index is 12.6. The standard InChI is InChI=1S/C20H23N5O2/c1-14(2)9-11-22-19(26)17-16-8-4-6-12-25(16)18(24-17)20(27)23-13-15-7-3-5-10-21-15/h3-8,10,12,14H,9,11,13H2,1-2H3,(H,22,26)(H,23,27). The van der Waals surface area contributed by atoms with Crippen molar-refractivity contribution in [3.63, 3.8) is 0 Å². The van der Waals surface area contributed by atoms with E-state index in [1.807, 2.05) is 24.3 Å². The summed E-state index contributed by atoms with van der Waals surface area (Å²) in [7, 11) is 0. The van der Waals surface area contributed by atoms with Crippen LogP contribution in [0.4, 0.5) is 0 Å². The summed E-state index contributed by atoms with van der Waals surface area (Å²) < 4.78 is 1.63. The second-order valence-corrected chi connectivity index (χ2v) is 6.68. The number of carbonyl (C=O) groups excluding carboxylic acids is 2. The zero-order valence-electron chi connectivity index (χ0n) is 15.5. The second-order valence-electron chi connectivity index (χ2n) is 6.68. The van der Waals surface area contributed by atoms with Gasteiger partial charge in [0.15, 0.2) is 5.69 Å². The summed E-state index contributed by atoms with van der Waals surface area (Å²) in [5.41, 5.74) is 1.60. The Bertz CT molecular complexity index is 934. The fraction of sp³-hybridized carbons (Fsp3) is 0.300. The van der Waals surface area contributed by atoms with Gasteiger partial charge in [-0.3, -0.25) is 19.0 Å². The summed E-state index contributed by atoms with van der Waals surface area (Å²) in [5.74, 6) is 0.0405. The van der Waals surface area contributed by atoms with E-state index in [0.29, 0.717) is 18.0 Å². The zero-order chi connectivity index (χ0) is 19.2. The number of amides is 2. The molecule has 7 nitrogen and oxygen atoms in total. The first-order valence-electron chi connectivity index (χ1n) is 8.99. The Balaban J connectivity index is 1.79. The minimum atomic E-state index is -0.358. The Kier molecular flexibility index (Phi) is 5.80. The normalized spacial score (nSPS) is 10.9. The largest absolute Gasteiger partial charge is 0.351 e. The second kappa shape index (κ2) is 8.44. The first-order chi connectivity index (χ1) is 13.1. The van der Waals surface area contributed by atoms with Crippen LogP contribution >= 0.6 is 0 Å². The van der Waals surface area contributed by atoms with E-state index in [-0.39, 0.29) is 29.9 Å². The summed E-state index contributed by atoms with van der Waals surface area (Å²) in [4.78, 5) is 33.6. The van der Waals surface area contributed by atoms with E-state index in [1.165, 1.54) is 0 Å². The van der Waals surface area contributed by atoms with Crippen molar-refractivity contribution in [1.29, 1.82) is 0 Å². The molecule has 0 saturated carbocycles. The maximum absolute atomic E-state index is 12.6. The van der Waals surface area contributed by atoms with E-state index < -0.39 is 0 Å². The third-order valence-corrected chi connectivity index (χ3v) is 4.13. The lowest BCUT2D eigenvalue weighted by Crippen LogP contribution is -2.27. The van der Waals surface area contributed by atoms with Crippen LogP contribution < -0.4 is 10.6 Å². The van der Waals surface area contributed by atoms with Gasteiger partial charge in [-0.25, -0.2) is 4.98 Å². The van der Waals surface area contributed by atoms with Gasteiger partial charge in [-0.05, 0) is 36.6 Å². The zero-order valence-corrected chi connectivity index (χ0v) is 15.5. The van der Waals surface area contributed by atoms with Crippen LogP contribution in [0, 0.1) is 5.92 Å². The molecule has 3 heterocycles. The number of rotatable bonds is 7. The highest BCUT2D eigenvalue weighted by Gasteiger charge is 2.21. The summed E-state index contributed by atoms with van der Waals surface area (Å²) in [6.45, 7) is 5.06. The van der Waals surface area contributed by atoms with Crippen LogP contribution in [0.2, 0.25) is 0 Å². The van der Waals surface area contributed by atoms with Crippen LogP contribution in [0.5, 0.6) is 0 Å². The molecule has 3 aromatic heterocycles. The highest BCUT2D eigenvalue weighted by Crippen LogP contribution is 2.13. The van der Waals surface area contributed by atoms with Gasteiger partial charge in [-0.1, -0.05) is 26.0 Å². The molecule has 0 aliphatic heterocycles. The molecule has 0 bridgehead atoms. The molecule has 3 aromatic rings. The van der Waals surface area contributed by atoms with Crippen LogP contribution in [-0.2, 0) is 6.54 Å². The lowest BCUT2D eigenvalue weighted by molar-refractivity contribution is 0.0939. The van der Waals surface area contributed by atoms with Gasteiger partial charge in [0.1, 0.15) is 0 Å². The third kappa shape index (κ3) is 4.49. The van der Waals surface area contributed by atoms with Gasteiger partial charge in [0.25, 0.3) is 11.8 Å². The topological polar surface area (TPSA) is 88.4 Å². The highest BCUT2D eigenvalue weighted by atomic mass is 16.2. The molecule has 0 unspecified atom stereocenters. The van der Waals surface area contributed by atoms with Crippen molar-refractivity contribution in [2.75, 3.05) is 6.54 Å². The number of carbonyl (C=O) groups is 2. The van der Waals surface area contributed by atoms with E-state index in [0.717, 1.165) is 12.1 Å². The molecule has 0 saturated heterocycles. The van der Waals surface area contributed by atoms with E-state index in [9.17, 15) is 9.59 Å². The average Bonchev–Trinajstić information content (AvgIpc) is 3.06. The molecule has 2 amide bonds. The van der Waals surface area contributed by atoms with Crippen LogP contribution in [0.1, 0.15) is 47.1 Å². The fourth-order valence-electron chi connectivity index (χ4n) is 2.68. The van der Waals surface area contributed by atoms with Gasteiger partial charge in [-0.2, -0.15) is 0 Å². The molecule has 140 valence electrons. The average molecular weight is 365 g/mol. The summed E-state index contributed by atoms with van der Waals surface area (Å²) in [6, 6.07) is 10.9. The van der Waals surface area contributed by atoms with Crippen LogP contribution in [0.25, 0.3) is 5.52 Å². The van der Waals surface area contributed by atoms with Crippen molar-refractivity contribution >= 4 is 17.3 Å². The van der Waals surface area contributed by atoms with Crippen molar-refractivity contribution in [2.24, 2.45) is 5.92 Å². The Morgan fingerprint density at radius 1 is 1.07 bits per heavy atom. The number of nitrogens with zero attached hydrogens (tertiary/aromatic N) is 3. The highest BCUT2D eigenvalue weighted by molar-refractivity contribution is 6.02. The molecule has 0 aromatic carbocycles. The Morgan fingerprint density at radius 2 is 1.89 bits per heavy atom. The molecular formula is C20H23N5O2. The van der Waals surface area contributed by atoms with Crippen molar-refractivity contribution in [1.82, 2.24) is 25.0 Å². The summed E-state index contributed by atoms with van der Waals surface area (Å²) in [6.07, 6.45) is 4.28. The SMILES string of the molecule is CC(C)CCNC(=O)c1nc(C(=O)NCc2ccccn2)n2ccccc12. The lowest BCUT2D eigenvalue weighted by Gasteiger charge is -2.05. The molecule has 0 fully saturated rings. The summed E-state index contributed by atoms with van der Waals surface area (Å²) in [5, 5.41) is 5.68. The molecule has 0 radical (unpaired) electrons. The fourth-order valence-corrected chi connectivity index (χ4v) is 2.68. The third-order valence-electron chi connectivity index (χ3n) is 4.13.